The molecule has 0 unspecified atom stereocenters. The van der Waals surface area contributed by atoms with Gasteiger partial charge in [-0.05, 0) is 37.8 Å². The third kappa shape index (κ3) is 4.74. The Bertz CT molecular complexity index is 560. The van der Waals surface area contributed by atoms with E-state index in [1.807, 2.05) is 6.92 Å². The van der Waals surface area contributed by atoms with Crippen LogP contribution in [0.2, 0.25) is 0 Å². The third-order valence-corrected chi connectivity index (χ3v) is 4.46. The van der Waals surface area contributed by atoms with Gasteiger partial charge in [0, 0.05) is 19.1 Å². The van der Waals surface area contributed by atoms with Gasteiger partial charge in [-0.2, -0.15) is 0 Å². The first kappa shape index (κ1) is 18.8. The maximum absolute atomic E-state index is 12.0. The van der Waals surface area contributed by atoms with Crippen molar-refractivity contribution in [2.75, 3.05) is 19.7 Å². The van der Waals surface area contributed by atoms with E-state index in [-0.39, 0.29) is 24.1 Å². The maximum atomic E-state index is 12.0. The zero-order valence-corrected chi connectivity index (χ0v) is 15.3. The molecule has 3 N–H and O–H groups in total. The average Bonchev–Trinajstić information content (AvgIpc) is 3.11. The SMILES string of the molecule is Cc1ccc([C@](C)(O)CNC(=O)NC[C@@H]2CCO[C@@H]2C(C)(C)C)o1. The number of amides is 2. The van der Waals surface area contributed by atoms with Crippen LogP contribution in [0.25, 0.3) is 0 Å². The zero-order valence-electron chi connectivity index (χ0n) is 15.3. The number of furan rings is 1. The molecule has 3 atom stereocenters. The Morgan fingerprint density at radius 3 is 2.58 bits per heavy atom. The first-order valence-corrected chi connectivity index (χ1v) is 8.52. The molecule has 1 aliphatic rings. The van der Waals surface area contributed by atoms with E-state index in [1.165, 1.54) is 0 Å². The van der Waals surface area contributed by atoms with Crippen LogP contribution in [0.4, 0.5) is 4.79 Å². The molecule has 0 bridgehead atoms. The minimum absolute atomic E-state index is 0.0557. The van der Waals surface area contributed by atoms with Crippen LogP contribution in [-0.2, 0) is 10.3 Å². The quantitative estimate of drug-likeness (QED) is 0.770. The molecule has 1 aromatic heterocycles. The molecule has 1 fully saturated rings. The number of hydrogen-bond acceptors (Lipinski definition) is 4. The largest absolute Gasteiger partial charge is 0.463 e. The van der Waals surface area contributed by atoms with Crippen LogP contribution < -0.4 is 10.6 Å². The van der Waals surface area contributed by atoms with Crippen molar-refractivity contribution in [1.29, 1.82) is 0 Å². The molecule has 0 aliphatic carbocycles. The van der Waals surface area contributed by atoms with Crippen molar-refractivity contribution in [3.8, 4) is 0 Å². The van der Waals surface area contributed by atoms with Crippen LogP contribution in [0, 0.1) is 18.3 Å². The van der Waals surface area contributed by atoms with Crippen molar-refractivity contribution in [2.45, 2.75) is 52.7 Å². The molecule has 1 saturated heterocycles. The topological polar surface area (TPSA) is 83.7 Å². The Morgan fingerprint density at radius 1 is 1.29 bits per heavy atom. The first-order chi connectivity index (χ1) is 11.1. The molecule has 0 radical (unpaired) electrons. The van der Waals surface area contributed by atoms with Crippen LogP contribution >= 0.6 is 0 Å². The van der Waals surface area contributed by atoms with E-state index >= 15 is 0 Å². The Hall–Kier alpha value is -1.53. The highest BCUT2D eigenvalue weighted by atomic mass is 16.5. The molecule has 0 aromatic carbocycles. The number of carbonyl (C=O) groups is 1. The van der Waals surface area contributed by atoms with Crippen molar-refractivity contribution >= 4 is 6.03 Å². The summed E-state index contributed by atoms with van der Waals surface area (Å²) in [6.45, 7) is 11.3. The number of aryl methyl sites for hydroxylation is 1. The predicted octanol–water partition coefficient (Wildman–Crippen LogP) is 2.55. The van der Waals surface area contributed by atoms with E-state index in [0.29, 0.717) is 18.2 Å². The van der Waals surface area contributed by atoms with Gasteiger partial charge in [-0.25, -0.2) is 4.79 Å². The Balaban J connectivity index is 1.79. The Labute approximate surface area is 143 Å². The molecule has 24 heavy (non-hydrogen) atoms. The molecule has 1 aliphatic heterocycles. The van der Waals surface area contributed by atoms with Crippen LogP contribution in [0.1, 0.15) is 45.6 Å². The summed E-state index contributed by atoms with van der Waals surface area (Å²) < 4.78 is 11.2. The van der Waals surface area contributed by atoms with Crippen molar-refractivity contribution in [2.24, 2.45) is 11.3 Å². The zero-order chi connectivity index (χ0) is 18.0. The van der Waals surface area contributed by atoms with Gasteiger partial charge in [0.15, 0.2) is 0 Å². The van der Waals surface area contributed by atoms with Gasteiger partial charge in [-0.3, -0.25) is 0 Å². The van der Waals surface area contributed by atoms with Gasteiger partial charge in [-0.15, -0.1) is 0 Å². The van der Waals surface area contributed by atoms with Crippen molar-refractivity contribution in [3.63, 3.8) is 0 Å². The minimum atomic E-state index is -1.24. The van der Waals surface area contributed by atoms with Gasteiger partial charge >= 0.3 is 6.03 Å². The summed E-state index contributed by atoms with van der Waals surface area (Å²) in [4.78, 5) is 12.0. The van der Waals surface area contributed by atoms with Crippen molar-refractivity contribution < 1.29 is 19.1 Å². The molecular formula is C18H30N2O4. The highest BCUT2D eigenvalue weighted by Gasteiger charge is 2.37. The second-order valence-corrected chi connectivity index (χ2v) is 7.95. The lowest BCUT2D eigenvalue weighted by Crippen LogP contribution is -2.46. The summed E-state index contributed by atoms with van der Waals surface area (Å²) >= 11 is 0. The minimum Gasteiger partial charge on any atom is -0.463 e. The van der Waals surface area contributed by atoms with E-state index in [9.17, 15) is 9.90 Å². The Morgan fingerprint density at radius 2 is 2.00 bits per heavy atom. The summed E-state index contributed by atoms with van der Waals surface area (Å²) in [7, 11) is 0. The van der Waals surface area contributed by atoms with Crippen LogP contribution in [0.15, 0.2) is 16.5 Å². The van der Waals surface area contributed by atoms with Crippen LogP contribution in [0.5, 0.6) is 0 Å². The van der Waals surface area contributed by atoms with Gasteiger partial charge in [0.2, 0.25) is 0 Å². The highest BCUT2D eigenvalue weighted by Crippen LogP contribution is 2.34. The van der Waals surface area contributed by atoms with Gasteiger partial charge in [0.05, 0.1) is 12.6 Å². The number of urea groups is 1. The lowest BCUT2D eigenvalue weighted by atomic mass is 9.81. The summed E-state index contributed by atoms with van der Waals surface area (Å²) in [5, 5.41) is 16.0. The summed E-state index contributed by atoms with van der Waals surface area (Å²) in [6, 6.07) is 3.22. The van der Waals surface area contributed by atoms with E-state index in [0.717, 1.165) is 18.8 Å². The number of hydrogen-bond donors (Lipinski definition) is 3. The molecule has 0 spiro atoms. The fraction of sp³-hybridized carbons (Fsp3) is 0.722. The van der Waals surface area contributed by atoms with Gasteiger partial charge in [-0.1, -0.05) is 20.8 Å². The second-order valence-electron chi connectivity index (χ2n) is 7.95. The smallest absolute Gasteiger partial charge is 0.314 e. The lowest BCUT2D eigenvalue weighted by molar-refractivity contribution is 0.00761. The molecule has 1 aromatic rings. The highest BCUT2D eigenvalue weighted by molar-refractivity contribution is 5.73. The summed E-state index contributed by atoms with van der Waals surface area (Å²) in [6.07, 6.45) is 1.10. The number of carbonyl (C=O) groups excluding carboxylic acids is 1. The van der Waals surface area contributed by atoms with E-state index < -0.39 is 5.60 Å². The normalized spacial score (nSPS) is 23.8. The monoisotopic (exact) mass is 338 g/mol. The van der Waals surface area contributed by atoms with Crippen LogP contribution in [-0.4, -0.2) is 36.9 Å². The number of nitrogens with one attached hydrogen (secondary N) is 2. The molecule has 0 saturated carbocycles. The van der Waals surface area contributed by atoms with Gasteiger partial charge < -0.3 is 24.9 Å². The van der Waals surface area contributed by atoms with Crippen molar-refractivity contribution in [3.05, 3.63) is 23.7 Å². The fourth-order valence-electron chi connectivity index (χ4n) is 3.15. The molecule has 2 amide bonds. The third-order valence-electron chi connectivity index (χ3n) is 4.46. The predicted molar refractivity (Wildman–Crippen MR) is 91.7 cm³/mol. The molecule has 136 valence electrons. The standard InChI is InChI=1S/C18H30N2O4/c1-12-6-7-14(24-12)18(5,22)11-20-16(21)19-10-13-8-9-23-15(13)17(2,3)4/h6-7,13,15,22H,8-11H2,1-5H3,(H2,19,20,21)/t13-,15-,18+/m0/s1. The number of rotatable bonds is 5. The second kappa shape index (κ2) is 7.15. The van der Waals surface area contributed by atoms with E-state index in [4.69, 9.17) is 9.15 Å². The average molecular weight is 338 g/mol. The van der Waals surface area contributed by atoms with Gasteiger partial charge in [0.25, 0.3) is 0 Å². The van der Waals surface area contributed by atoms with E-state index in [2.05, 4.69) is 31.4 Å². The van der Waals surface area contributed by atoms with E-state index in [1.54, 1.807) is 19.1 Å². The maximum Gasteiger partial charge on any atom is 0.314 e. The number of aliphatic hydroxyl groups is 1. The fourth-order valence-corrected chi connectivity index (χ4v) is 3.15. The van der Waals surface area contributed by atoms with Crippen LogP contribution in [0.3, 0.4) is 0 Å². The lowest BCUT2D eigenvalue weighted by Gasteiger charge is -2.31. The Kier molecular flexibility index (Phi) is 5.60. The molecule has 2 heterocycles. The number of ether oxygens (including phenoxy) is 1. The molecule has 6 nitrogen and oxygen atoms in total. The van der Waals surface area contributed by atoms with Crippen molar-refractivity contribution in [1.82, 2.24) is 10.6 Å². The molecule has 6 heteroatoms. The summed E-state index contributed by atoms with van der Waals surface area (Å²) in [5.41, 5.74) is -1.18. The van der Waals surface area contributed by atoms with Gasteiger partial charge in [0.1, 0.15) is 17.1 Å². The molecular weight excluding hydrogens is 308 g/mol. The summed E-state index contributed by atoms with van der Waals surface area (Å²) in [5.74, 6) is 1.48. The first-order valence-electron chi connectivity index (χ1n) is 8.52. The molecule has 2 rings (SSSR count).